The van der Waals surface area contributed by atoms with Crippen LogP contribution in [-0.2, 0) is 15.4 Å². The molecule has 0 bridgehead atoms. The van der Waals surface area contributed by atoms with Crippen LogP contribution < -0.4 is 4.72 Å². The Balaban J connectivity index is 2.17. The molecule has 0 aliphatic heterocycles. The second kappa shape index (κ2) is 7.40. The van der Waals surface area contributed by atoms with Gasteiger partial charge in [-0.25, -0.2) is 13.1 Å². The lowest BCUT2D eigenvalue weighted by Gasteiger charge is -2.18. The Morgan fingerprint density at radius 2 is 2.00 bits per heavy atom. The van der Waals surface area contributed by atoms with Crippen LogP contribution in [0.5, 0.6) is 0 Å². The lowest BCUT2D eigenvalue weighted by atomic mass is 9.92. The van der Waals surface area contributed by atoms with Gasteiger partial charge in [0.05, 0.1) is 5.69 Å². The molecule has 136 valence electrons. The third-order valence-corrected chi connectivity index (χ3v) is 5.81. The van der Waals surface area contributed by atoms with Crippen molar-refractivity contribution in [1.82, 2.24) is 14.5 Å². The van der Waals surface area contributed by atoms with Gasteiger partial charge in [-0.3, -0.25) is 4.68 Å². The van der Waals surface area contributed by atoms with Crippen molar-refractivity contribution in [1.29, 1.82) is 0 Å². The molecule has 1 aliphatic rings. The van der Waals surface area contributed by atoms with Crippen molar-refractivity contribution in [2.45, 2.75) is 83.1 Å². The van der Waals surface area contributed by atoms with Crippen LogP contribution >= 0.6 is 0 Å². The van der Waals surface area contributed by atoms with Crippen LogP contribution in [0.1, 0.15) is 78.5 Å². The minimum Gasteiger partial charge on any atom is -0.269 e. The third kappa shape index (κ3) is 4.70. The van der Waals surface area contributed by atoms with Crippen molar-refractivity contribution in [2.24, 2.45) is 0 Å². The summed E-state index contributed by atoms with van der Waals surface area (Å²) in [6, 6.07) is 0.127. The highest BCUT2D eigenvalue weighted by molar-refractivity contribution is 7.89. The maximum absolute atomic E-state index is 12.8. The molecular weight excluding hydrogens is 322 g/mol. The molecule has 1 aliphatic carbocycles. The van der Waals surface area contributed by atoms with Crippen molar-refractivity contribution in [2.75, 3.05) is 6.54 Å². The zero-order valence-electron chi connectivity index (χ0n) is 15.6. The number of sulfonamides is 1. The number of nitrogens with zero attached hydrogens (tertiary/aromatic N) is 2. The molecule has 1 aromatic heterocycles. The van der Waals surface area contributed by atoms with E-state index in [4.69, 9.17) is 0 Å². The van der Waals surface area contributed by atoms with E-state index in [1.807, 2.05) is 34.6 Å². The van der Waals surface area contributed by atoms with Gasteiger partial charge in [-0.05, 0) is 46.0 Å². The predicted octanol–water partition coefficient (Wildman–Crippen LogP) is 3.93. The molecule has 0 aromatic carbocycles. The molecule has 0 radical (unpaired) electrons. The number of allylic oxidation sites excluding steroid dienone is 1. The molecule has 1 heterocycles. The topological polar surface area (TPSA) is 64.0 Å². The molecule has 0 fully saturated rings. The smallest absolute Gasteiger partial charge is 0.244 e. The second-order valence-corrected chi connectivity index (χ2v) is 9.66. The molecule has 0 amide bonds. The van der Waals surface area contributed by atoms with E-state index in [2.05, 4.69) is 15.9 Å². The van der Waals surface area contributed by atoms with Crippen molar-refractivity contribution in [3.05, 3.63) is 23.5 Å². The molecular formula is C18H31N3O2S. The van der Waals surface area contributed by atoms with Crippen LogP contribution in [0.15, 0.2) is 22.7 Å². The van der Waals surface area contributed by atoms with E-state index in [-0.39, 0.29) is 11.5 Å². The van der Waals surface area contributed by atoms with E-state index in [9.17, 15) is 8.42 Å². The van der Waals surface area contributed by atoms with Crippen molar-refractivity contribution >= 4 is 10.0 Å². The van der Waals surface area contributed by atoms with E-state index in [1.165, 1.54) is 18.4 Å². The average Bonchev–Trinajstić information content (AvgIpc) is 2.94. The Bertz CT molecular complexity index is 694. The standard InChI is InChI=1S/C18H31N3O2S/c1-14(2)21-13-16(17(20-21)18(3,4)5)24(22,23)19-12-11-15-9-7-6-8-10-15/h9,13-14,19H,6-8,10-12H2,1-5H3. The van der Waals surface area contributed by atoms with Gasteiger partial charge in [0.1, 0.15) is 4.90 Å². The molecule has 5 nitrogen and oxygen atoms in total. The molecule has 6 heteroatoms. The summed E-state index contributed by atoms with van der Waals surface area (Å²) >= 11 is 0. The Hall–Kier alpha value is -1.14. The number of hydrogen-bond donors (Lipinski definition) is 1. The zero-order chi connectivity index (χ0) is 18.0. The highest BCUT2D eigenvalue weighted by atomic mass is 32.2. The predicted molar refractivity (Wildman–Crippen MR) is 97.7 cm³/mol. The molecule has 0 saturated heterocycles. The first kappa shape index (κ1) is 19.2. The maximum atomic E-state index is 12.8. The molecule has 0 spiro atoms. The lowest BCUT2D eigenvalue weighted by Crippen LogP contribution is -2.27. The first-order chi connectivity index (χ1) is 11.1. The monoisotopic (exact) mass is 353 g/mol. The minimum atomic E-state index is -3.55. The fourth-order valence-electron chi connectivity index (χ4n) is 2.91. The van der Waals surface area contributed by atoms with E-state index in [0.29, 0.717) is 17.1 Å². The first-order valence-corrected chi connectivity index (χ1v) is 10.4. The molecule has 2 rings (SSSR count). The van der Waals surface area contributed by atoms with E-state index in [1.54, 1.807) is 10.9 Å². The van der Waals surface area contributed by atoms with Crippen molar-refractivity contribution < 1.29 is 8.42 Å². The molecule has 1 N–H and O–H groups in total. The summed E-state index contributed by atoms with van der Waals surface area (Å²) in [7, 11) is -3.55. The summed E-state index contributed by atoms with van der Waals surface area (Å²) < 4.78 is 30.1. The second-order valence-electron chi connectivity index (χ2n) is 7.92. The largest absolute Gasteiger partial charge is 0.269 e. The molecule has 24 heavy (non-hydrogen) atoms. The van der Waals surface area contributed by atoms with Gasteiger partial charge >= 0.3 is 0 Å². The summed E-state index contributed by atoms with van der Waals surface area (Å²) in [4.78, 5) is 0.307. The van der Waals surface area contributed by atoms with Gasteiger partial charge < -0.3 is 0 Å². The quantitative estimate of drug-likeness (QED) is 0.788. The molecule has 1 aromatic rings. The Kier molecular flexibility index (Phi) is 5.91. The van der Waals surface area contributed by atoms with Gasteiger partial charge in [0.2, 0.25) is 10.0 Å². The Labute approximate surface area is 146 Å². The van der Waals surface area contributed by atoms with Gasteiger partial charge in [0, 0.05) is 24.2 Å². The van der Waals surface area contributed by atoms with Gasteiger partial charge in [-0.15, -0.1) is 0 Å². The highest BCUT2D eigenvalue weighted by Gasteiger charge is 2.30. The van der Waals surface area contributed by atoms with Crippen LogP contribution in [0.4, 0.5) is 0 Å². The van der Waals surface area contributed by atoms with Gasteiger partial charge in [-0.1, -0.05) is 32.4 Å². The average molecular weight is 354 g/mol. The Morgan fingerprint density at radius 3 is 2.54 bits per heavy atom. The summed E-state index contributed by atoms with van der Waals surface area (Å²) in [6.45, 7) is 10.4. The van der Waals surface area contributed by atoms with Crippen LogP contribution in [0.25, 0.3) is 0 Å². The zero-order valence-corrected chi connectivity index (χ0v) is 16.4. The number of nitrogens with one attached hydrogen (secondary N) is 1. The normalized spacial score (nSPS) is 16.5. The fraction of sp³-hybridized carbons (Fsp3) is 0.722. The van der Waals surface area contributed by atoms with E-state index < -0.39 is 10.0 Å². The van der Waals surface area contributed by atoms with E-state index in [0.717, 1.165) is 19.3 Å². The minimum absolute atomic E-state index is 0.127. The van der Waals surface area contributed by atoms with E-state index >= 15 is 0 Å². The first-order valence-electron chi connectivity index (χ1n) is 8.88. The van der Waals surface area contributed by atoms with Gasteiger partial charge in [-0.2, -0.15) is 5.10 Å². The Morgan fingerprint density at radius 1 is 1.29 bits per heavy atom. The van der Waals surface area contributed by atoms with Crippen LogP contribution in [-0.4, -0.2) is 24.7 Å². The number of hydrogen-bond acceptors (Lipinski definition) is 3. The third-order valence-electron chi connectivity index (χ3n) is 4.35. The molecule has 0 unspecified atom stereocenters. The van der Waals surface area contributed by atoms with Crippen LogP contribution in [0, 0.1) is 0 Å². The fourth-order valence-corrected chi connectivity index (χ4v) is 4.29. The van der Waals surface area contributed by atoms with Crippen molar-refractivity contribution in [3.8, 4) is 0 Å². The molecule has 0 atom stereocenters. The number of aromatic nitrogens is 2. The summed E-state index contributed by atoms with van der Waals surface area (Å²) in [5.41, 5.74) is 1.68. The van der Waals surface area contributed by atoms with Crippen LogP contribution in [0.2, 0.25) is 0 Å². The lowest BCUT2D eigenvalue weighted by molar-refractivity contribution is 0.493. The van der Waals surface area contributed by atoms with Gasteiger partial charge in [0.25, 0.3) is 0 Å². The number of rotatable bonds is 6. The highest BCUT2D eigenvalue weighted by Crippen LogP contribution is 2.28. The summed E-state index contributed by atoms with van der Waals surface area (Å²) in [6.07, 6.45) is 9.40. The van der Waals surface area contributed by atoms with Crippen molar-refractivity contribution in [3.63, 3.8) is 0 Å². The van der Waals surface area contributed by atoms with Gasteiger partial charge in [0.15, 0.2) is 0 Å². The maximum Gasteiger partial charge on any atom is 0.244 e. The molecule has 0 saturated carbocycles. The summed E-state index contributed by atoms with van der Waals surface area (Å²) in [5.74, 6) is 0. The van der Waals surface area contributed by atoms with Crippen LogP contribution in [0.3, 0.4) is 0 Å². The summed E-state index contributed by atoms with van der Waals surface area (Å²) in [5, 5.41) is 4.53. The SMILES string of the molecule is CC(C)n1cc(S(=O)(=O)NCCC2=CCCCC2)c(C(C)(C)C)n1.